The predicted octanol–water partition coefficient (Wildman–Crippen LogP) is 3.26. The maximum absolute atomic E-state index is 6.30. The molecule has 0 amide bonds. The highest BCUT2D eigenvalue weighted by atomic mass is 35.5. The van der Waals surface area contributed by atoms with Gasteiger partial charge in [0, 0.05) is 20.2 Å². The van der Waals surface area contributed by atoms with Crippen molar-refractivity contribution in [2.75, 3.05) is 27.4 Å². The molecule has 1 rings (SSSR count). The molecule has 5 heteroatoms. The van der Waals surface area contributed by atoms with Crippen molar-refractivity contribution in [2.45, 2.75) is 32.9 Å². The van der Waals surface area contributed by atoms with E-state index in [1.807, 2.05) is 19.1 Å². The highest BCUT2D eigenvalue weighted by Gasteiger charge is 2.14. The molecule has 1 aromatic carbocycles. The standard InChI is InChI=1S/C15H24ClNO3/c1-5-11(2)20-15-13(16)8-12(9-14(15)19-4)10-17-6-7-18-3/h8-9,11,17H,5-7,10H2,1-4H3. The van der Waals surface area contributed by atoms with Gasteiger partial charge in [-0.15, -0.1) is 0 Å². The van der Waals surface area contributed by atoms with Gasteiger partial charge < -0.3 is 19.5 Å². The number of hydrogen-bond donors (Lipinski definition) is 1. The number of nitrogens with one attached hydrogen (secondary N) is 1. The predicted molar refractivity (Wildman–Crippen MR) is 82.0 cm³/mol. The Balaban J connectivity index is 2.78. The Hall–Kier alpha value is -0.970. The minimum Gasteiger partial charge on any atom is -0.493 e. The van der Waals surface area contributed by atoms with Crippen molar-refractivity contribution in [3.05, 3.63) is 22.7 Å². The third-order valence-corrected chi connectivity index (χ3v) is 3.28. The zero-order valence-corrected chi connectivity index (χ0v) is 13.4. The van der Waals surface area contributed by atoms with E-state index in [0.29, 0.717) is 29.7 Å². The Bertz CT molecular complexity index is 412. The molecule has 1 aromatic rings. The molecular formula is C15H24ClNO3. The van der Waals surface area contributed by atoms with Crippen molar-refractivity contribution < 1.29 is 14.2 Å². The molecular weight excluding hydrogens is 278 g/mol. The second kappa shape index (κ2) is 9.06. The molecule has 1 N–H and O–H groups in total. The number of ether oxygens (including phenoxy) is 3. The highest BCUT2D eigenvalue weighted by molar-refractivity contribution is 6.32. The molecule has 0 fully saturated rings. The van der Waals surface area contributed by atoms with Gasteiger partial charge in [0.25, 0.3) is 0 Å². The van der Waals surface area contributed by atoms with Crippen LogP contribution in [0.2, 0.25) is 5.02 Å². The smallest absolute Gasteiger partial charge is 0.180 e. The van der Waals surface area contributed by atoms with Crippen LogP contribution in [0.1, 0.15) is 25.8 Å². The number of benzene rings is 1. The fraction of sp³-hybridized carbons (Fsp3) is 0.600. The summed E-state index contributed by atoms with van der Waals surface area (Å²) in [6, 6.07) is 3.85. The van der Waals surface area contributed by atoms with Crippen molar-refractivity contribution in [1.82, 2.24) is 5.32 Å². The van der Waals surface area contributed by atoms with E-state index in [9.17, 15) is 0 Å². The molecule has 114 valence electrons. The van der Waals surface area contributed by atoms with Crippen LogP contribution in [-0.4, -0.2) is 33.5 Å². The molecule has 0 spiro atoms. The van der Waals surface area contributed by atoms with Gasteiger partial charge in [0.05, 0.1) is 24.8 Å². The summed E-state index contributed by atoms with van der Waals surface area (Å²) in [5.41, 5.74) is 1.06. The van der Waals surface area contributed by atoms with E-state index in [0.717, 1.165) is 18.5 Å². The number of rotatable bonds is 9. The Morgan fingerprint density at radius 1 is 1.30 bits per heavy atom. The van der Waals surface area contributed by atoms with E-state index in [4.69, 9.17) is 25.8 Å². The van der Waals surface area contributed by atoms with Gasteiger partial charge >= 0.3 is 0 Å². The lowest BCUT2D eigenvalue weighted by Crippen LogP contribution is -2.18. The highest BCUT2D eigenvalue weighted by Crippen LogP contribution is 2.37. The Morgan fingerprint density at radius 3 is 2.65 bits per heavy atom. The quantitative estimate of drug-likeness (QED) is 0.711. The molecule has 0 heterocycles. The lowest BCUT2D eigenvalue weighted by atomic mass is 10.2. The number of hydrogen-bond acceptors (Lipinski definition) is 4. The summed E-state index contributed by atoms with van der Waals surface area (Å²) in [7, 11) is 3.31. The fourth-order valence-corrected chi connectivity index (χ4v) is 1.96. The lowest BCUT2D eigenvalue weighted by molar-refractivity contribution is 0.199. The van der Waals surface area contributed by atoms with Gasteiger partial charge in [0.2, 0.25) is 0 Å². The van der Waals surface area contributed by atoms with Gasteiger partial charge in [-0.2, -0.15) is 0 Å². The summed E-state index contributed by atoms with van der Waals surface area (Å²) < 4.78 is 16.2. The van der Waals surface area contributed by atoms with E-state index in [-0.39, 0.29) is 6.10 Å². The molecule has 1 atom stereocenters. The Labute approximate surface area is 126 Å². The summed E-state index contributed by atoms with van der Waals surface area (Å²) in [4.78, 5) is 0. The topological polar surface area (TPSA) is 39.7 Å². The zero-order valence-electron chi connectivity index (χ0n) is 12.7. The summed E-state index contributed by atoms with van der Waals surface area (Å²) in [5.74, 6) is 1.28. The third kappa shape index (κ3) is 5.19. The van der Waals surface area contributed by atoms with Crippen LogP contribution in [0.15, 0.2) is 12.1 Å². The largest absolute Gasteiger partial charge is 0.493 e. The van der Waals surface area contributed by atoms with E-state index in [2.05, 4.69) is 12.2 Å². The minimum absolute atomic E-state index is 0.104. The number of halogens is 1. The van der Waals surface area contributed by atoms with Gasteiger partial charge in [-0.05, 0) is 31.0 Å². The fourth-order valence-electron chi connectivity index (χ4n) is 1.68. The van der Waals surface area contributed by atoms with Crippen LogP contribution < -0.4 is 14.8 Å². The first-order valence-corrected chi connectivity index (χ1v) is 7.22. The monoisotopic (exact) mass is 301 g/mol. The molecule has 0 aliphatic carbocycles. The molecule has 4 nitrogen and oxygen atoms in total. The summed E-state index contributed by atoms with van der Waals surface area (Å²) in [5, 5.41) is 3.85. The molecule has 0 saturated carbocycles. The van der Waals surface area contributed by atoms with Gasteiger partial charge in [-0.3, -0.25) is 0 Å². The molecule has 0 aliphatic heterocycles. The molecule has 0 aromatic heterocycles. The van der Waals surface area contributed by atoms with Crippen molar-refractivity contribution in [3.63, 3.8) is 0 Å². The van der Waals surface area contributed by atoms with Crippen LogP contribution in [-0.2, 0) is 11.3 Å². The van der Waals surface area contributed by atoms with Gasteiger partial charge in [0.1, 0.15) is 0 Å². The maximum Gasteiger partial charge on any atom is 0.180 e. The summed E-state index contributed by atoms with van der Waals surface area (Å²) >= 11 is 6.30. The molecule has 0 saturated heterocycles. The first kappa shape index (κ1) is 17.1. The average Bonchev–Trinajstić information content (AvgIpc) is 2.45. The summed E-state index contributed by atoms with van der Waals surface area (Å²) in [6.07, 6.45) is 1.02. The van der Waals surface area contributed by atoms with Crippen LogP contribution in [0, 0.1) is 0 Å². The first-order valence-electron chi connectivity index (χ1n) is 6.85. The van der Waals surface area contributed by atoms with Crippen molar-refractivity contribution in [2.24, 2.45) is 0 Å². The van der Waals surface area contributed by atoms with Crippen LogP contribution in [0.25, 0.3) is 0 Å². The van der Waals surface area contributed by atoms with E-state index in [1.54, 1.807) is 14.2 Å². The van der Waals surface area contributed by atoms with Crippen molar-refractivity contribution in [1.29, 1.82) is 0 Å². The minimum atomic E-state index is 0.104. The first-order chi connectivity index (χ1) is 9.62. The van der Waals surface area contributed by atoms with E-state index >= 15 is 0 Å². The van der Waals surface area contributed by atoms with Gasteiger partial charge in [0.15, 0.2) is 11.5 Å². The van der Waals surface area contributed by atoms with Crippen LogP contribution >= 0.6 is 11.6 Å². The Kier molecular flexibility index (Phi) is 7.73. The number of methoxy groups -OCH3 is 2. The SMILES string of the molecule is CCC(C)Oc1c(Cl)cc(CNCCOC)cc1OC. The van der Waals surface area contributed by atoms with Gasteiger partial charge in [-0.1, -0.05) is 18.5 Å². The van der Waals surface area contributed by atoms with Crippen LogP contribution in [0.5, 0.6) is 11.5 Å². The van der Waals surface area contributed by atoms with E-state index in [1.165, 1.54) is 0 Å². The molecule has 0 radical (unpaired) electrons. The maximum atomic E-state index is 6.30. The van der Waals surface area contributed by atoms with Crippen molar-refractivity contribution in [3.8, 4) is 11.5 Å². The third-order valence-electron chi connectivity index (χ3n) is 3.00. The molecule has 0 aliphatic rings. The normalized spacial score (nSPS) is 12.2. The summed E-state index contributed by atoms with van der Waals surface area (Å²) in [6.45, 7) is 6.26. The lowest BCUT2D eigenvalue weighted by Gasteiger charge is -2.18. The van der Waals surface area contributed by atoms with Gasteiger partial charge in [-0.25, -0.2) is 0 Å². The van der Waals surface area contributed by atoms with E-state index < -0.39 is 0 Å². The molecule has 0 bridgehead atoms. The second-order valence-corrected chi connectivity index (χ2v) is 5.02. The zero-order chi connectivity index (χ0) is 15.0. The van der Waals surface area contributed by atoms with Crippen LogP contribution in [0.4, 0.5) is 0 Å². The van der Waals surface area contributed by atoms with Crippen molar-refractivity contribution >= 4 is 11.6 Å². The Morgan fingerprint density at radius 2 is 2.05 bits per heavy atom. The van der Waals surface area contributed by atoms with Crippen LogP contribution in [0.3, 0.4) is 0 Å². The molecule has 1 unspecified atom stereocenters. The molecule has 20 heavy (non-hydrogen) atoms. The average molecular weight is 302 g/mol. The second-order valence-electron chi connectivity index (χ2n) is 4.62.